The number of benzene rings is 3. The minimum Gasteiger partial charge on any atom is -0.497 e. The van der Waals surface area contributed by atoms with Gasteiger partial charge in [0.15, 0.2) is 0 Å². The Hall–Kier alpha value is -4.11. The molecule has 0 aliphatic rings. The second-order valence-electron chi connectivity index (χ2n) is 7.94. The van der Waals surface area contributed by atoms with Gasteiger partial charge < -0.3 is 14.6 Å². The van der Waals surface area contributed by atoms with E-state index in [1.165, 1.54) is 6.07 Å². The molecule has 35 heavy (non-hydrogen) atoms. The Morgan fingerprint density at radius 3 is 2.51 bits per heavy atom. The third-order valence-corrected chi connectivity index (χ3v) is 7.00. The molecule has 180 valence electrons. The standard InChI is InChI=1S/C26H26N4O4S/c1-19-9-6-7-14-24(19)35(32,33)29-26(31)28-23(17-20-10-4-3-5-11-20)25-27-15-16-30(25)21-12-8-13-22(18-21)34-2/h3-16,18,23H,17H2,1-2H3,(H2,28,29,31). The fourth-order valence-corrected chi connectivity index (χ4v) is 4.99. The van der Waals surface area contributed by atoms with Gasteiger partial charge in [0.1, 0.15) is 11.6 Å². The first kappa shape index (κ1) is 24.0. The van der Waals surface area contributed by atoms with Crippen LogP contribution in [0.1, 0.15) is 23.0 Å². The summed E-state index contributed by atoms with van der Waals surface area (Å²) in [6.07, 6.45) is 3.82. The van der Waals surface area contributed by atoms with Crippen LogP contribution in [-0.2, 0) is 16.4 Å². The van der Waals surface area contributed by atoms with Crippen molar-refractivity contribution in [2.24, 2.45) is 0 Å². The lowest BCUT2D eigenvalue weighted by Crippen LogP contribution is -2.42. The fraction of sp³-hybridized carbons (Fsp3) is 0.154. The molecular formula is C26H26N4O4S. The number of imidazole rings is 1. The lowest BCUT2D eigenvalue weighted by atomic mass is 10.1. The van der Waals surface area contributed by atoms with E-state index in [1.807, 2.05) is 59.2 Å². The van der Waals surface area contributed by atoms with Crippen molar-refractivity contribution in [3.8, 4) is 11.4 Å². The first-order valence-electron chi connectivity index (χ1n) is 11.0. The fourth-order valence-electron chi connectivity index (χ4n) is 3.83. The predicted octanol–water partition coefficient (Wildman–Crippen LogP) is 4.16. The number of aromatic nitrogens is 2. The Labute approximate surface area is 204 Å². The van der Waals surface area contributed by atoms with E-state index in [4.69, 9.17) is 4.74 Å². The molecule has 1 aromatic heterocycles. The number of hydrogen-bond donors (Lipinski definition) is 2. The van der Waals surface area contributed by atoms with Gasteiger partial charge >= 0.3 is 6.03 Å². The van der Waals surface area contributed by atoms with Gasteiger partial charge in [-0.05, 0) is 42.7 Å². The van der Waals surface area contributed by atoms with E-state index in [0.29, 0.717) is 23.6 Å². The number of aryl methyl sites for hydroxylation is 1. The molecule has 0 saturated heterocycles. The Bertz CT molecular complexity index is 1420. The number of carbonyl (C=O) groups is 1. The van der Waals surface area contributed by atoms with Crippen LogP contribution in [0, 0.1) is 6.92 Å². The molecule has 0 aliphatic heterocycles. The first-order chi connectivity index (χ1) is 16.9. The maximum Gasteiger partial charge on any atom is 0.329 e. The normalized spacial score (nSPS) is 12.1. The molecule has 2 amide bonds. The average molecular weight is 491 g/mol. The summed E-state index contributed by atoms with van der Waals surface area (Å²) in [4.78, 5) is 17.5. The van der Waals surface area contributed by atoms with Crippen LogP contribution in [0.4, 0.5) is 4.79 Å². The molecule has 0 aliphatic carbocycles. The Morgan fingerprint density at radius 2 is 1.77 bits per heavy atom. The van der Waals surface area contributed by atoms with Gasteiger partial charge in [-0.15, -0.1) is 0 Å². The van der Waals surface area contributed by atoms with E-state index in [2.05, 4.69) is 15.0 Å². The molecule has 4 rings (SSSR count). The molecule has 0 bridgehead atoms. The van der Waals surface area contributed by atoms with E-state index in [1.54, 1.807) is 44.6 Å². The topological polar surface area (TPSA) is 102 Å². The summed E-state index contributed by atoms with van der Waals surface area (Å²) in [5, 5.41) is 2.81. The number of carbonyl (C=O) groups excluding carboxylic acids is 1. The maximum atomic E-state index is 12.9. The number of hydrogen-bond acceptors (Lipinski definition) is 5. The van der Waals surface area contributed by atoms with Gasteiger partial charge in [0.2, 0.25) is 0 Å². The van der Waals surface area contributed by atoms with E-state index < -0.39 is 22.1 Å². The average Bonchev–Trinajstić information content (AvgIpc) is 3.34. The number of nitrogens with zero attached hydrogens (tertiary/aromatic N) is 2. The lowest BCUT2D eigenvalue weighted by Gasteiger charge is -2.21. The molecule has 4 aromatic rings. The number of ether oxygens (including phenoxy) is 1. The molecule has 1 unspecified atom stereocenters. The smallest absolute Gasteiger partial charge is 0.329 e. The van der Waals surface area contributed by atoms with Crippen molar-refractivity contribution < 1.29 is 17.9 Å². The summed E-state index contributed by atoms with van der Waals surface area (Å²) in [7, 11) is -2.46. The highest BCUT2D eigenvalue weighted by Crippen LogP contribution is 2.23. The molecule has 0 saturated carbocycles. The van der Waals surface area contributed by atoms with Crippen molar-refractivity contribution in [3.05, 3.63) is 108 Å². The molecule has 1 atom stereocenters. The number of sulfonamides is 1. The monoisotopic (exact) mass is 490 g/mol. The SMILES string of the molecule is COc1cccc(-n2ccnc2C(Cc2ccccc2)NC(=O)NS(=O)(=O)c2ccccc2C)c1. The van der Waals surface area contributed by atoms with Crippen molar-refractivity contribution in [3.63, 3.8) is 0 Å². The summed E-state index contributed by atoms with van der Waals surface area (Å²) in [6.45, 7) is 1.68. The zero-order valence-electron chi connectivity index (χ0n) is 19.4. The molecule has 1 heterocycles. The van der Waals surface area contributed by atoms with Crippen LogP contribution in [0.5, 0.6) is 5.75 Å². The number of rotatable bonds is 8. The van der Waals surface area contributed by atoms with Gasteiger partial charge in [-0.3, -0.25) is 0 Å². The zero-order valence-corrected chi connectivity index (χ0v) is 20.2. The van der Waals surface area contributed by atoms with E-state index >= 15 is 0 Å². The molecule has 0 spiro atoms. The summed E-state index contributed by atoms with van der Waals surface area (Å²) in [5.74, 6) is 1.22. The summed E-state index contributed by atoms with van der Waals surface area (Å²) >= 11 is 0. The number of nitrogens with one attached hydrogen (secondary N) is 2. The minimum absolute atomic E-state index is 0.0487. The largest absolute Gasteiger partial charge is 0.497 e. The number of amides is 2. The van der Waals surface area contributed by atoms with Crippen LogP contribution in [0.2, 0.25) is 0 Å². The van der Waals surface area contributed by atoms with E-state index in [-0.39, 0.29) is 4.90 Å². The van der Waals surface area contributed by atoms with Gasteiger partial charge in [-0.2, -0.15) is 0 Å². The molecule has 2 N–H and O–H groups in total. The first-order valence-corrected chi connectivity index (χ1v) is 12.5. The third kappa shape index (κ3) is 5.70. The molecular weight excluding hydrogens is 464 g/mol. The van der Waals surface area contributed by atoms with E-state index in [0.717, 1.165) is 11.3 Å². The highest BCUT2D eigenvalue weighted by atomic mass is 32.2. The van der Waals surface area contributed by atoms with Crippen LogP contribution >= 0.6 is 0 Å². The summed E-state index contributed by atoms with van der Waals surface area (Å²) in [6, 6.07) is 22.1. The quantitative estimate of drug-likeness (QED) is 0.386. The van der Waals surface area contributed by atoms with Crippen molar-refractivity contribution in [2.75, 3.05) is 7.11 Å². The van der Waals surface area contributed by atoms with Crippen molar-refractivity contribution >= 4 is 16.1 Å². The highest BCUT2D eigenvalue weighted by Gasteiger charge is 2.25. The molecule has 0 radical (unpaired) electrons. The summed E-state index contributed by atoms with van der Waals surface area (Å²) < 4.78 is 35.0. The lowest BCUT2D eigenvalue weighted by molar-refractivity contribution is 0.241. The Morgan fingerprint density at radius 1 is 1.03 bits per heavy atom. The van der Waals surface area contributed by atoms with Crippen molar-refractivity contribution in [1.29, 1.82) is 0 Å². The highest BCUT2D eigenvalue weighted by molar-refractivity contribution is 7.90. The Kier molecular flexibility index (Phi) is 7.17. The van der Waals surface area contributed by atoms with Crippen LogP contribution in [-0.4, -0.2) is 31.1 Å². The van der Waals surface area contributed by atoms with Crippen LogP contribution in [0.25, 0.3) is 5.69 Å². The Balaban J connectivity index is 1.64. The van der Waals surface area contributed by atoms with Gasteiger partial charge in [0, 0.05) is 18.5 Å². The third-order valence-electron chi connectivity index (χ3n) is 5.51. The van der Waals surface area contributed by atoms with Gasteiger partial charge in [-0.25, -0.2) is 22.9 Å². The van der Waals surface area contributed by atoms with Crippen molar-refractivity contribution in [2.45, 2.75) is 24.3 Å². The second-order valence-corrected chi connectivity index (χ2v) is 9.59. The van der Waals surface area contributed by atoms with Gasteiger partial charge in [-0.1, -0.05) is 54.6 Å². The van der Waals surface area contributed by atoms with E-state index in [9.17, 15) is 13.2 Å². The van der Waals surface area contributed by atoms with Gasteiger partial charge in [0.05, 0.1) is 23.7 Å². The minimum atomic E-state index is -4.05. The molecule has 9 heteroatoms. The number of methoxy groups -OCH3 is 1. The number of urea groups is 1. The van der Waals surface area contributed by atoms with Crippen LogP contribution < -0.4 is 14.8 Å². The van der Waals surface area contributed by atoms with Crippen LogP contribution in [0.3, 0.4) is 0 Å². The van der Waals surface area contributed by atoms with Crippen LogP contribution in [0.15, 0.2) is 96.2 Å². The van der Waals surface area contributed by atoms with Crippen molar-refractivity contribution in [1.82, 2.24) is 19.6 Å². The summed E-state index contributed by atoms with van der Waals surface area (Å²) in [5.41, 5.74) is 2.30. The second kappa shape index (κ2) is 10.4. The molecule has 8 nitrogen and oxygen atoms in total. The maximum absolute atomic E-state index is 12.9. The van der Waals surface area contributed by atoms with Gasteiger partial charge in [0.25, 0.3) is 10.0 Å². The predicted molar refractivity (Wildman–Crippen MR) is 133 cm³/mol. The zero-order chi connectivity index (χ0) is 24.8. The molecule has 3 aromatic carbocycles. The molecule has 0 fully saturated rings.